The van der Waals surface area contributed by atoms with Crippen molar-refractivity contribution in [2.45, 2.75) is 0 Å². The molecule has 1 saturated heterocycles. The Balaban J connectivity index is 1.43. The highest BCUT2D eigenvalue weighted by molar-refractivity contribution is 7.21. The zero-order chi connectivity index (χ0) is 19.8. The van der Waals surface area contributed by atoms with Crippen LogP contribution in [0, 0.1) is 0 Å². The predicted octanol–water partition coefficient (Wildman–Crippen LogP) is 4.70. The topological polar surface area (TPSA) is 41.4 Å². The van der Waals surface area contributed by atoms with Crippen LogP contribution >= 0.6 is 22.9 Å². The third-order valence-electron chi connectivity index (χ3n) is 5.26. The average Bonchev–Trinajstić information content (AvgIpc) is 3.41. The number of aromatic nitrogens is 2. The van der Waals surface area contributed by atoms with Crippen LogP contribution in [0.25, 0.3) is 15.9 Å². The van der Waals surface area contributed by atoms with Crippen molar-refractivity contribution in [1.82, 2.24) is 14.5 Å². The molecule has 1 fully saturated rings. The molecule has 3 aromatic heterocycles. The van der Waals surface area contributed by atoms with E-state index in [1.54, 1.807) is 6.20 Å². The van der Waals surface area contributed by atoms with Gasteiger partial charge in [-0.3, -0.25) is 4.79 Å². The molecule has 146 valence electrons. The molecule has 1 aliphatic rings. The number of fused-ring (bicyclic) bond motifs is 1. The zero-order valence-corrected chi connectivity index (χ0v) is 17.2. The molecule has 4 aromatic rings. The normalized spacial score (nSPS) is 14.5. The fraction of sp³-hybridized carbons (Fsp3) is 0.182. The summed E-state index contributed by atoms with van der Waals surface area (Å²) in [5, 5.41) is 1.75. The summed E-state index contributed by atoms with van der Waals surface area (Å²) in [6.45, 7) is 2.85. The molecule has 1 aromatic carbocycles. The van der Waals surface area contributed by atoms with Gasteiger partial charge in [-0.05, 0) is 36.4 Å². The smallest absolute Gasteiger partial charge is 0.266 e. The Morgan fingerprint density at radius 2 is 1.72 bits per heavy atom. The van der Waals surface area contributed by atoms with Crippen LogP contribution in [0.4, 0.5) is 5.69 Å². The van der Waals surface area contributed by atoms with E-state index in [1.165, 1.54) is 11.3 Å². The minimum atomic E-state index is 0.0653. The van der Waals surface area contributed by atoms with E-state index >= 15 is 0 Å². The number of halogens is 1. The summed E-state index contributed by atoms with van der Waals surface area (Å²) in [5.74, 6) is 0.0653. The van der Waals surface area contributed by atoms with Crippen LogP contribution in [-0.2, 0) is 0 Å². The molecule has 0 radical (unpaired) electrons. The second-order valence-electron chi connectivity index (χ2n) is 6.96. The van der Waals surface area contributed by atoms with E-state index in [4.69, 9.17) is 11.6 Å². The molecule has 5 nitrogen and oxygen atoms in total. The van der Waals surface area contributed by atoms with Crippen molar-refractivity contribution in [1.29, 1.82) is 0 Å². The Morgan fingerprint density at radius 1 is 0.966 bits per heavy atom. The van der Waals surface area contributed by atoms with Crippen LogP contribution in [0.15, 0.2) is 67.1 Å². The number of anilines is 1. The van der Waals surface area contributed by atoms with Crippen molar-refractivity contribution in [2.24, 2.45) is 0 Å². The number of para-hydroxylation sites is 1. The molecule has 0 atom stereocenters. The van der Waals surface area contributed by atoms with E-state index in [-0.39, 0.29) is 5.91 Å². The third-order valence-corrected chi connectivity index (χ3v) is 6.67. The lowest BCUT2D eigenvalue weighted by Gasteiger charge is -2.36. The summed E-state index contributed by atoms with van der Waals surface area (Å²) >= 11 is 7.81. The Bertz CT molecular complexity index is 1160. The van der Waals surface area contributed by atoms with Crippen LogP contribution in [0.5, 0.6) is 0 Å². The van der Waals surface area contributed by atoms with Crippen LogP contribution in [0.2, 0.25) is 5.02 Å². The molecule has 0 aliphatic carbocycles. The number of carbonyl (C=O) groups excluding carboxylic acids is 1. The highest BCUT2D eigenvalue weighted by atomic mass is 35.5. The Hall–Kier alpha value is -2.83. The predicted molar refractivity (Wildman–Crippen MR) is 119 cm³/mol. The highest BCUT2D eigenvalue weighted by Crippen LogP contribution is 2.34. The Labute approximate surface area is 177 Å². The van der Waals surface area contributed by atoms with Crippen molar-refractivity contribution < 1.29 is 4.79 Å². The Morgan fingerprint density at radius 3 is 2.48 bits per heavy atom. The van der Waals surface area contributed by atoms with Crippen molar-refractivity contribution in [3.05, 3.63) is 77.0 Å². The van der Waals surface area contributed by atoms with E-state index in [2.05, 4.69) is 9.88 Å². The number of pyridine rings is 1. The maximum atomic E-state index is 13.4. The largest absolute Gasteiger partial charge is 0.367 e. The maximum absolute atomic E-state index is 13.4. The van der Waals surface area contributed by atoms with Crippen molar-refractivity contribution in [3.63, 3.8) is 0 Å². The summed E-state index contributed by atoms with van der Waals surface area (Å²) in [6, 6.07) is 15.7. The number of thiophene rings is 1. The first-order chi connectivity index (χ1) is 14.2. The second-order valence-corrected chi connectivity index (χ2v) is 8.36. The molecule has 1 amide bonds. The average molecular weight is 423 g/mol. The van der Waals surface area contributed by atoms with Crippen LogP contribution in [0.1, 0.15) is 9.67 Å². The molecule has 5 rings (SSSR count). The van der Waals surface area contributed by atoms with Gasteiger partial charge in [0.05, 0.1) is 16.4 Å². The summed E-state index contributed by atoms with van der Waals surface area (Å²) in [5.41, 5.74) is 1.95. The molecular formula is C22H19ClN4OS. The van der Waals surface area contributed by atoms with Gasteiger partial charge in [-0.25, -0.2) is 4.98 Å². The molecule has 0 unspecified atom stereocenters. The fourth-order valence-corrected chi connectivity index (χ4v) is 5.17. The lowest BCUT2D eigenvalue weighted by Crippen LogP contribution is -2.48. The van der Waals surface area contributed by atoms with Gasteiger partial charge in [0.15, 0.2) is 0 Å². The van der Waals surface area contributed by atoms with Gasteiger partial charge in [0.2, 0.25) is 0 Å². The van der Waals surface area contributed by atoms with Gasteiger partial charge in [0, 0.05) is 50.2 Å². The van der Waals surface area contributed by atoms with Crippen LogP contribution in [0.3, 0.4) is 0 Å². The highest BCUT2D eigenvalue weighted by Gasteiger charge is 2.28. The minimum Gasteiger partial charge on any atom is -0.367 e. The molecule has 0 saturated carbocycles. The summed E-state index contributed by atoms with van der Waals surface area (Å²) in [4.78, 5) is 23.7. The van der Waals surface area contributed by atoms with Crippen LogP contribution in [-0.4, -0.2) is 46.5 Å². The van der Waals surface area contributed by atoms with E-state index < -0.39 is 0 Å². The first kappa shape index (κ1) is 18.2. The van der Waals surface area contributed by atoms with E-state index in [0.29, 0.717) is 13.1 Å². The van der Waals surface area contributed by atoms with E-state index in [9.17, 15) is 4.79 Å². The lowest BCUT2D eigenvalue weighted by molar-refractivity contribution is 0.0752. The molecule has 7 heteroatoms. The van der Waals surface area contributed by atoms with Gasteiger partial charge in [-0.2, -0.15) is 0 Å². The summed E-state index contributed by atoms with van der Waals surface area (Å²) in [7, 11) is 0. The zero-order valence-electron chi connectivity index (χ0n) is 15.7. The number of carbonyl (C=O) groups is 1. The quantitative estimate of drug-likeness (QED) is 0.480. The van der Waals surface area contributed by atoms with Crippen LogP contribution < -0.4 is 4.90 Å². The van der Waals surface area contributed by atoms with E-state index in [1.807, 2.05) is 70.4 Å². The van der Waals surface area contributed by atoms with Crippen molar-refractivity contribution >= 4 is 44.7 Å². The summed E-state index contributed by atoms with van der Waals surface area (Å²) in [6.07, 6.45) is 5.72. The fourth-order valence-electron chi connectivity index (χ4n) is 3.81. The van der Waals surface area contributed by atoms with Gasteiger partial charge in [0.1, 0.15) is 9.71 Å². The number of hydrogen-bond donors (Lipinski definition) is 0. The van der Waals surface area contributed by atoms with Gasteiger partial charge < -0.3 is 14.4 Å². The lowest BCUT2D eigenvalue weighted by atomic mass is 10.2. The third kappa shape index (κ3) is 3.28. The maximum Gasteiger partial charge on any atom is 0.266 e. The van der Waals surface area contributed by atoms with Crippen molar-refractivity contribution in [3.8, 4) is 5.69 Å². The number of piperazine rings is 1. The van der Waals surface area contributed by atoms with Gasteiger partial charge in [-0.1, -0.05) is 23.7 Å². The first-order valence-corrected chi connectivity index (χ1v) is 10.7. The molecule has 4 heterocycles. The number of rotatable bonds is 3. The molecule has 0 bridgehead atoms. The molecule has 0 spiro atoms. The van der Waals surface area contributed by atoms with Gasteiger partial charge in [0.25, 0.3) is 5.91 Å². The van der Waals surface area contributed by atoms with E-state index in [0.717, 1.165) is 44.6 Å². The number of hydrogen-bond acceptors (Lipinski definition) is 4. The number of nitrogens with zero attached hydrogens (tertiary/aromatic N) is 4. The number of benzene rings is 1. The minimum absolute atomic E-state index is 0.0653. The molecule has 29 heavy (non-hydrogen) atoms. The van der Waals surface area contributed by atoms with Gasteiger partial charge in [-0.15, -0.1) is 11.3 Å². The molecular weight excluding hydrogens is 404 g/mol. The molecule has 1 aliphatic heterocycles. The molecule has 0 N–H and O–H groups in total. The second kappa shape index (κ2) is 7.54. The van der Waals surface area contributed by atoms with Crippen molar-refractivity contribution in [2.75, 3.05) is 31.1 Å². The number of amides is 1. The summed E-state index contributed by atoms with van der Waals surface area (Å²) < 4.78 is 2.01. The first-order valence-electron chi connectivity index (χ1n) is 9.52. The Kier molecular flexibility index (Phi) is 4.73. The van der Waals surface area contributed by atoms with Gasteiger partial charge >= 0.3 is 0 Å². The standard InChI is InChI=1S/C22H19ClN4OS/c23-17-7-1-2-8-18(17)25-12-14-27(15-13-25)22(28)20-19(26-10-3-4-11-26)16-6-5-9-24-21(16)29-20/h1-11H,12-15H2. The monoisotopic (exact) mass is 422 g/mol. The SMILES string of the molecule is O=C(c1sc2ncccc2c1-n1cccc1)N1CCN(c2ccccc2Cl)CC1.